The number of hydrogen-bond donors (Lipinski definition) is 1. The van der Waals surface area contributed by atoms with Crippen LogP contribution in [0.4, 0.5) is 5.82 Å². The van der Waals surface area contributed by atoms with E-state index in [1.165, 1.54) is 16.8 Å². The Balaban J connectivity index is 2.22. The molecule has 3 nitrogen and oxygen atoms in total. The van der Waals surface area contributed by atoms with Crippen molar-refractivity contribution in [2.45, 2.75) is 26.2 Å². The van der Waals surface area contributed by atoms with Gasteiger partial charge in [-0.25, -0.2) is 4.68 Å². The molecule has 0 radical (unpaired) electrons. The van der Waals surface area contributed by atoms with Crippen LogP contribution < -0.4 is 5.73 Å². The van der Waals surface area contributed by atoms with E-state index >= 15 is 0 Å². The fourth-order valence-corrected chi connectivity index (χ4v) is 2.65. The van der Waals surface area contributed by atoms with E-state index in [4.69, 9.17) is 17.3 Å². The maximum absolute atomic E-state index is 6.24. The van der Waals surface area contributed by atoms with Gasteiger partial charge in [-0.1, -0.05) is 17.7 Å². The molecule has 1 heterocycles. The maximum Gasteiger partial charge on any atom is 0.149 e. The highest BCUT2D eigenvalue weighted by molar-refractivity contribution is 6.32. The lowest BCUT2D eigenvalue weighted by Crippen LogP contribution is -2.03. The van der Waals surface area contributed by atoms with Gasteiger partial charge in [0.25, 0.3) is 0 Å². The Morgan fingerprint density at radius 2 is 2.18 bits per heavy atom. The van der Waals surface area contributed by atoms with Crippen LogP contribution in [-0.2, 0) is 12.8 Å². The van der Waals surface area contributed by atoms with Crippen LogP contribution in [0.2, 0.25) is 5.02 Å². The van der Waals surface area contributed by atoms with E-state index in [1.807, 2.05) is 29.8 Å². The molecule has 2 N–H and O–H groups in total. The second kappa shape index (κ2) is 3.77. The van der Waals surface area contributed by atoms with Crippen molar-refractivity contribution in [2.75, 3.05) is 5.73 Å². The molecule has 0 unspecified atom stereocenters. The van der Waals surface area contributed by atoms with E-state index in [9.17, 15) is 0 Å². The Kier molecular flexibility index (Phi) is 2.37. The number of halogens is 1. The number of rotatable bonds is 1. The second-order valence-electron chi connectivity index (χ2n) is 4.53. The van der Waals surface area contributed by atoms with E-state index in [-0.39, 0.29) is 0 Å². The highest BCUT2D eigenvalue weighted by Gasteiger charge is 2.22. The number of nitrogens with two attached hydrogens (primary N) is 1. The molecule has 1 aliphatic carbocycles. The zero-order chi connectivity index (χ0) is 12.0. The minimum absolute atomic E-state index is 0.648. The molecule has 1 aromatic heterocycles. The molecule has 0 aliphatic heterocycles. The molecule has 3 rings (SSSR count). The monoisotopic (exact) mass is 247 g/mol. The van der Waals surface area contributed by atoms with Crippen molar-refractivity contribution in [3.05, 3.63) is 40.0 Å². The van der Waals surface area contributed by atoms with Gasteiger partial charge in [-0.15, -0.1) is 0 Å². The Bertz CT molecular complexity index is 587. The van der Waals surface area contributed by atoms with Crippen LogP contribution in [0, 0.1) is 6.92 Å². The summed E-state index contributed by atoms with van der Waals surface area (Å²) >= 11 is 6.24. The Morgan fingerprint density at radius 1 is 1.35 bits per heavy atom. The molecule has 2 aromatic rings. The first kappa shape index (κ1) is 10.7. The zero-order valence-corrected chi connectivity index (χ0v) is 10.5. The molecule has 0 saturated carbocycles. The highest BCUT2D eigenvalue weighted by Crippen LogP contribution is 2.31. The Morgan fingerprint density at radius 3 is 3.00 bits per heavy atom. The van der Waals surface area contributed by atoms with E-state index in [2.05, 4.69) is 5.10 Å². The summed E-state index contributed by atoms with van der Waals surface area (Å²) in [5.74, 6) is 0.648. The summed E-state index contributed by atoms with van der Waals surface area (Å²) < 4.78 is 1.91. The summed E-state index contributed by atoms with van der Waals surface area (Å²) in [5, 5.41) is 5.13. The van der Waals surface area contributed by atoms with Crippen LogP contribution in [0.1, 0.15) is 23.2 Å². The third-order valence-corrected chi connectivity index (χ3v) is 3.61. The molecule has 17 heavy (non-hydrogen) atoms. The lowest BCUT2D eigenvalue weighted by Gasteiger charge is -2.08. The summed E-state index contributed by atoms with van der Waals surface area (Å²) in [7, 11) is 0. The van der Waals surface area contributed by atoms with Gasteiger partial charge in [-0.05, 0) is 43.9 Å². The van der Waals surface area contributed by atoms with Crippen LogP contribution >= 0.6 is 11.6 Å². The van der Waals surface area contributed by atoms with Gasteiger partial charge in [0.05, 0.1) is 10.7 Å². The number of fused-ring (bicyclic) bond motifs is 1. The van der Waals surface area contributed by atoms with Crippen LogP contribution in [0.15, 0.2) is 18.2 Å². The van der Waals surface area contributed by atoms with Crippen molar-refractivity contribution in [1.29, 1.82) is 0 Å². The van der Waals surface area contributed by atoms with Gasteiger partial charge in [0.15, 0.2) is 0 Å². The van der Waals surface area contributed by atoms with Gasteiger partial charge < -0.3 is 5.73 Å². The first-order valence-electron chi connectivity index (χ1n) is 5.79. The Hall–Kier alpha value is -1.48. The minimum atomic E-state index is 0.648. The summed E-state index contributed by atoms with van der Waals surface area (Å²) in [5.41, 5.74) is 10.5. The topological polar surface area (TPSA) is 43.8 Å². The normalized spacial score (nSPS) is 14.0. The lowest BCUT2D eigenvalue weighted by atomic mass is 10.2. The zero-order valence-electron chi connectivity index (χ0n) is 9.70. The molecule has 1 aromatic carbocycles. The lowest BCUT2D eigenvalue weighted by molar-refractivity contribution is 0.788. The van der Waals surface area contributed by atoms with Crippen LogP contribution in [-0.4, -0.2) is 9.78 Å². The molecule has 0 bridgehead atoms. The number of aryl methyl sites for hydroxylation is 1. The van der Waals surface area contributed by atoms with Crippen LogP contribution in [0.25, 0.3) is 5.69 Å². The van der Waals surface area contributed by atoms with E-state index in [0.29, 0.717) is 10.8 Å². The average molecular weight is 248 g/mol. The standard InChI is InChI=1S/C13H14ClN3/c1-8-5-6-10(14)12(7-8)17-11-4-2-3-9(11)13(15)16-17/h5-7H,2-4H2,1H3,(H2,15,16). The predicted molar refractivity (Wildman–Crippen MR) is 69.7 cm³/mol. The van der Waals surface area contributed by atoms with Crippen molar-refractivity contribution in [3.8, 4) is 5.69 Å². The fourth-order valence-electron chi connectivity index (χ4n) is 2.45. The maximum atomic E-state index is 6.24. The third-order valence-electron chi connectivity index (χ3n) is 3.29. The van der Waals surface area contributed by atoms with Gasteiger partial charge in [0.1, 0.15) is 5.82 Å². The summed E-state index contributed by atoms with van der Waals surface area (Å²) in [6.07, 6.45) is 3.22. The third kappa shape index (κ3) is 1.62. The van der Waals surface area contributed by atoms with Crippen molar-refractivity contribution >= 4 is 17.4 Å². The SMILES string of the molecule is Cc1ccc(Cl)c(-n2nc(N)c3c2CCC3)c1. The fraction of sp³-hybridized carbons (Fsp3) is 0.308. The second-order valence-corrected chi connectivity index (χ2v) is 4.94. The first-order valence-corrected chi connectivity index (χ1v) is 6.17. The summed E-state index contributed by atoms with van der Waals surface area (Å²) in [6, 6.07) is 5.96. The van der Waals surface area contributed by atoms with Gasteiger partial charge in [-0.3, -0.25) is 0 Å². The molecule has 0 fully saturated rings. The van der Waals surface area contributed by atoms with E-state index in [0.717, 1.165) is 24.9 Å². The molecule has 1 aliphatic rings. The molecule has 0 spiro atoms. The van der Waals surface area contributed by atoms with Crippen molar-refractivity contribution in [2.24, 2.45) is 0 Å². The number of nitrogen functional groups attached to an aromatic ring is 1. The van der Waals surface area contributed by atoms with Gasteiger partial charge in [0, 0.05) is 11.3 Å². The van der Waals surface area contributed by atoms with E-state index < -0.39 is 0 Å². The molecular weight excluding hydrogens is 234 g/mol. The number of nitrogens with zero attached hydrogens (tertiary/aromatic N) is 2. The molecule has 4 heteroatoms. The summed E-state index contributed by atoms with van der Waals surface area (Å²) in [6.45, 7) is 2.05. The highest BCUT2D eigenvalue weighted by atomic mass is 35.5. The van der Waals surface area contributed by atoms with E-state index in [1.54, 1.807) is 0 Å². The number of aromatic nitrogens is 2. The molecular formula is C13H14ClN3. The minimum Gasteiger partial charge on any atom is -0.382 e. The Labute approximate surface area is 105 Å². The van der Waals surface area contributed by atoms with Gasteiger partial charge in [0.2, 0.25) is 0 Å². The smallest absolute Gasteiger partial charge is 0.149 e. The van der Waals surface area contributed by atoms with Gasteiger partial charge in [-0.2, -0.15) is 5.10 Å². The number of anilines is 1. The van der Waals surface area contributed by atoms with Crippen molar-refractivity contribution in [1.82, 2.24) is 9.78 Å². The largest absolute Gasteiger partial charge is 0.382 e. The molecule has 88 valence electrons. The average Bonchev–Trinajstić information content (AvgIpc) is 2.87. The molecule has 0 saturated heterocycles. The summed E-state index contributed by atoms with van der Waals surface area (Å²) in [4.78, 5) is 0. The number of hydrogen-bond acceptors (Lipinski definition) is 2. The van der Waals surface area contributed by atoms with Crippen molar-refractivity contribution in [3.63, 3.8) is 0 Å². The van der Waals surface area contributed by atoms with Gasteiger partial charge >= 0.3 is 0 Å². The number of benzene rings is 1. The van der Waals surface area contributed by atoms with Crippen LogP contribution in [0.5, 0.6) is 0 Å². The molecule has 0 amide bonds. The molecule has 0 atom stereocenters. The van der Waals surface area contributed by atoms with Crippen LogP contribution in [0.3, 0.4) is 0 Å². The quantitative estimate of drug-likeness (QED) is 0.842. The predicted octanol–water partition coefficient (Wildman–Crippen LogP) is 2.91. The van der Waals surface area contributed by atoms with Crippen molar-refractivity contribution < 1.29 is 0 Å². The first-order chi connectivity index (χ1) is 8.16.